The van der Waals surface area contributed by atoms with Crippen molar-refractivity contribution in [2.45, 2.75) is 31.8 Å². The fourth-order valence-corrected chi connectivity index (χ4v) is 4.46. The molecule has 1 aromatic rings. The number of rotatable bonds is 7. The number of carbonyl (C=O) groups excluding carboxylic acids is 2. The second kappa shape index (κ2) is 7.85. The van der Waals surface area contributed by atoms with E-state index in [9.17, 15) is 9.59 Å². The van der Waals surface area contributed by atoms with Gasteiger partial charge < -0.3 is 19.9 Å². The molecule has 0 radical (unpaired) electrons. The molecule has 25 heavy (non-hydrogen) atoms. The van der Waals surface area contributed by atoms with E-state index in [1.54, 1.807) is 18.4 Å². The minimum absolute atomic E-state index is 0.00729. The van der Waals surface area contributed by atoms with Crippen molar-refractivity contribution in [3.63, 3.8) is 0 Å². The van der Waals surface area contributed by atoms with Crippen LogP contribution >= 0.6 is 11.3 Å². The molecular formula is C18H27N3O3S. The van der Waals surface area contributed by atoms with E-state index < -0.39 is 0 Å². The number of nitrogens with one attached hydrogen (secondary N) is 1. The molecule has 1 atom stereocenters. The van der Waals surface area contributed by atoms with Gasteiger partial charge in [0.15, 0.2) is 0 Å². The Bertz CT molecular complexity index is 599. The predicted octanol–water partition coefficient (Wildman–Crippen LogP) is 1.32. The zero-order valence-electron chi connectivity index (χ0n) is 15.0. The summed E-state index contributed by atoms with van der Waals surface area (Å²) in [6, 6.07) is 2.37. The minimum atomic E-state index is -0.168. The molecule has 1 spiro atoms. The molecule has 0 bridgehead atoms. The summed E-state index contributed by atoms with van der Waals surface area (Å²) < 4.78 is 4.88. The molecule has 1 aliphatic heterocycles. The van der Waals surface area contributed by atoms with Gasteiger partial charge in [0.2, 0.25) is 11.8 Å². The van der Waals surface area contributed by atoms with Gasteiger partial charge in [-0.15, -0.1) is 0 Å². The fraction of sp³-hybridized carbons (Fsp3) is 0.667. The lowest BCUT2D eigenvalue weighted by atomic mass is 9.93. The van der Waals surface area contributed by atoms with Gasteiger partial charge in [-0.3, -0.25) is 9.59 Å². The molecule has 0 aromatic carbocycles. The molecule has 1 saturated heterocycles. The van der Waals surface area contributed by atoms with Crippen LogP contribution in [-0.2, 0) is 20.9 Å². The number of amides is 2. The molecule has 1 saturated carbocycles. The van der Waals surface area contributed by atoms with E-state index in [-0.39, 0.29) is 30.4 Å². The second-order valence-corrected chi connectivity index (χ2v) is 7.95. The third-order valence-electron chi connectivity index (χ3n) is 5.44. The highest BCUT2D eigenvalue weighted by Gasteiger charge is 2.57. The number of likely N-dealkylation sites (N-methyl/N-ethyl adjacent to an activating group) is 1. The molecule has 1 aromatic heterocycles. The van der Waals surface area contributed by atoms with E-state index in [0.717, 1.165) is 32.4 Å². The maximum Gasteiger partial charge on any atom is 0.248 e. The molecule has 1 N–H and O–H groups in total. The zero-order valence-corrected chi connectivity index (χ0v) is 15.8. The van der Waals surface area contributed by atoms with Crippen molar-refractivity contribution in [1.82, 2.24) is 15.1 Å². The van der Waals surface area contributed by atoms with Crippen molar-refractivity contribution in [2.24, 2.45) is 5.41 Å². The second-order valence-electron chi connectivity index (χ2n) is 7.17. The summed E-state index contributed by atoms with van der Waals surface area (Å²) in [7, 11) is 3.15. The van der Waals surface area contributed by atoms with Crippen molar-refractivity contribution >= 4 is 23.2 Å². The van der Waals surface area contributed by atoms with Gasteiger partial charge in [-0.05, 0) is 60.2 Å². The third kappa shape index (κ3) is 4.22. The first-order chi connectivity index (χ1) is 12.1. The first kappa shape index (κ1) is 18.4. The molecule has 2 amide bonds. The SMILES string of the molecule is COCC(=O)N(C)CC(=O)N(Cc1ccsc1)C1CC12CCNCC2. The van der Waals surface area contributed by atoms with Crippen LogP contribution < -0.4 is 5.32 Å². The lowest BCUT2D eigenvalue weighted by molar-refractivity contribution is -0.142. The number of hydrogen-bond acceptors (Lipinski definition) is 5. The zero-order chi connectivity index (χ0) is 17.9. The maximum atomic E-state index is 13.0. The largest absolute Gasteiger partial charge is 0.375 e. The number of hydrogen-bond donors (Lipinski definition) is 1. The molecule has 1 unspecified atom stereocenters. The molecule has 2 fully saturated rings. The van der Waals surface area contributed by atoms with Gasteiger partial charge in [0.05, 0.1) is 6.54 Å². The highest BCUT2D eigenvalue weighted by Crippen LogP contribution is 2.56. The van der Waals surface area contributed by atoms with E-state index in [4.69, 9.17) is 4.74 Å². The average molecular weight is 365 g/mol. The Labute approximate surface area is 153 Å². The van der Waals surface area contributed by atoms with Gasteiger partial charge >= 0.3 is 0 Å². The summed E-state index contributed by atoms with van der Waals surface area (Å²) in [4.78, 5) is 28.4. The Morgan fingerprint density at radius 2 is 2.12 bits per heavy atom. The lowest BCUT2D eigenvalue weighted by Crippen LogP contribution is -2.45. The topological polar surface area (TPSA) is 61.9 Å². The van der Waals surface area contributed by atoms with Crippen LogP contribution in [0.25, 0.3) is 0 Å². The van der Waals surface area contributed by atoms with Crippen molar-refractivity contribution < 1.29 is 14.3 Å². The standard InChI is InChI=1S/C18H27N3O3S/c1-20(17(23)12-24-2)11-16(22)21(10-14-3-8-25-13-14)15-9-18(15)4-6-19-7-5-18/h3,8,13,15,19H,4-7,9-12H2,1-2H3. The maximum absolute atomic E-state index is 13.0. The van der Waals surface area contributed by atoms with Gasteiger partial charge in [0.1, 0.15) is 6.61 Å². The Kier molecular flexibility index (Phi) is 5.76. The van der Waals surface area contributed by atoms with Gasteiger partial charge in [0, 0.05) is 26.7 Å². The minimum Gasteiger partial charge on any atom is -0.375 e. The first-order valence-corrected chi connectivity index (χ1v) is 9.74. The Morgan fingerprint density at radius 3 is 2.76 bits per heavy atom. The highest BCUT2D eigenvalue weighted by atomic mass is 32.1. The van der Waals surface area contributed by atoms with Gasteiger partial charge in [-0.1, -0.05) is 0 Å². The van der Waals surface area contributed by atoms with Crippen molar-refractivity contribution in [3.8, 4) is 0 Å². The van der Waals surface area contributed by atoms with Gasteiger partial charge in [-0.2, -0.15) is 11.3 Å². The predicted molar refractivity (Wildman–Crippen MR) is 97.3 cm³/mol. The number of ether oxygens (including phenoxy) is 1. The summed E-state index contributed by atoms with van der Waals surface area (Å²) in [6.45, 7) is 2.81. The molecular weight excluding hydrogens is 338 g/mol. The first-order valence-electron chi connectivity index (χ1n) is 8.80. The van der Waals surface area contributed by atoms with E-state index in [0.29, 0.717) is 12.6 Å². The van der Waals surface area contributed by atoms with Crippen LogP contribution in [0, 0.1) is 5.41 Å². The molecule has 7 heteroatoms. The van der Waals surface area contributed by atoms with Gasteiger partial charge in [-0.25, -0.2) is 0 Å². The number of piperidine rings is 1. The van der Waals surface area contributed by atoms with Crippen LogP contribution in [0.4, 0.5) is 0 Å². The molecule has 3 rings (SSSR count). The summed E-state index contributed by atoms with van der Waals surface area (Å²) in [6.07, 6.45) is 3.34. The summed E-state index contributed by atoms with van der Waals surface area (Å²) in [5.74, 6) is -0.141. The van der Waals surface area contributed by atoms with Crippen LogP contribution in [0.2, 0.25) is 0 Å². The summed E-state index contributed by atoms with van der Waals surface area (Å²) in [5.41, 5.74) is 1.45. The van der Waals surface area contributed by atoms with Crippen LogP contribution in [0.5, 0.6) is 0 Å². The normalized spacial score (nSPS) is 21.1. The monoisotopic (exact) mass is 365 g/mol. The third-order valence-corrected chi connectivity index (χ3v) is 6.17. The number of thiophene rings is 1. The molecule has 1 aliphatic carbocycles. The van der Waals surface area contributed by atoms with Crippen molar-refractivity contribution in [3.05, 3.63) is 22.4 Å². The Morgan fingerprint density at radius 1 is 1.36 bits per heavy atom. The van der Waals surface area contributed by atoms with Crippen molar-refractivity contribution in [2.75, 3.05) is 40.4 Å². The average Bonchev–Trinajstić information content (AvgIpc) is 3.04. The highest BCUT2D eigenvalue weighted by molar-refractivity contribution is 7.07. The van der Waals surface area contributed by atoms with Crippen LogP contribution in [0.15, 0.2) is 16.8 Å². The summed E-state index contributed by atoms with van der Waals surface area (Å²) >= 11 is 1.65. The van der Waals surface area contributed by atoms with E-state index in [2.05, 4.69) is 16.8 Å². The fourth-order valence-electron chi connectivity index (χ4n) is 3.80. The lowest BCUT2D eigenvalue weighted by Gasteiger charge is -2.30. The van der Waals surface area contributed by atoms with E-state index >= 15 is 0 Å². The Hall–Kier alpha value is -1.44. The van der Waals surface area contributed by atoms with E-state index in [1.807, 2.05) is 10.3 Å². The Balaban J connectivity index is 1.68. The van der Waals surface area contributed by atoms with Gasteiger partial charge in [0.25, 0.3) is 0 Å². The molecule has 2 aliphatic rings. The number of nitrogens with zero attached hydrogens (tertiary/aromatic N) is 2. The molecule has 138 valence electrons. The van der Waals surface area contributed by atoms with Crippen LogP contribution in [0.1, 0.15) is 24.8 Å². The molecule has 6 nitrogen and oxygen atoms in total. The van der Waals surface area contributed by atoms with Crippen molar-refractivity contribution in [1.29, 1.82) is 0 Å². The van der Waals surface area contributed by atoms with E-state index in [1.165, 1.54) is 17.6 Å². The summed E-state index contributed by atoms with van der Waals surface area (Å²) in [5, 5.41) is 7.54. The van der Waals surface area contributed by atoms with Crippen LogP contribution in [-0.4, -0.2) is 68.1 Å². The quantitative estimate of drug-likeness (QED) is 0.792. The molecule has 2 heterocycles. The van der Waals surface area contributed by atoms with Crippen LogP contribution in [0.3, 0.4) is 0 Å². The number of carbonyl (C=O) groups is 2. The number of methoxy groups -OCH3 is 1. The smallest absolute Gasteiger partial charge is 0.248 e.